The van der Waals surface area contributed by atoms with Crippen molar-refractivity contribution in [2.75, 3.05) is 5.32 Å². The summed E-state index contributed by atoms with van der Waals surface area (Å²) in [6.07, 6.45) is 0. The second-order valence-corrected chi connectivity index (χ2v) is 7.21. The highest BCUT2D eigenvalue weighted by atomic mass is 32.2. The Kier molecular flexibility index (Phi) is 5.19. The van der Waals surface area contributed by atoms with Gasteiger partial charge in [0.1, 0.15) is 0 Å². The molecule has 1 aromatic heterocycles. The van der Waals surface area contributed by atoms with Crippen LogP contribution in [0.15, 0.2) is 53.7 Å². The van der Waals surface area contributed by atoms with Crippen molar-refractivity contribution >= 4 is 23.4 Å². The van der Waals surface area contributed by atoms with Crippen molar-refractivity contribution in [2.45, 2.75) is 31.2 Å². The number of rotatable bonds is 5. The second kappa shape index (κ2) is 7.53. The average molecular weight is 352 g/mol. The van der Waals surface area contributed by atoms with Crippen LogP contribution in [0.1, 0.15) is 18.1 Å². The molecular weight excluding hydrogens is 332 g/mol. The number of amides is 1. The van der Waals surface area contributed by atoms with Gasteiger partial charge in [0, 0.05) is 11.3 Å². The number of carbonyl (C=O) groups is 1. The Labute approximate surface area is 151 Å². The number of hydrogen-bond acceptors (Lipinski definition) is 4. The number of benzene rings is 2. The van der Waals surface area contributed by atoms with Gasteiger partial charge in [-0.2, -0.15) is 0 Å². The van der Waals surface area contributed by atoms with Gasteiger partial charge in [-0.25, -0.2) is 4.98 Å². The molecule has 0 bridgehead atoms. The van der Waals surface area contributed by atoms with E-state index in [9.17, 15) is 4.79 Å². The highest BCUT2D eigenvalue weighted by Crippen LogP contribution is 2.24. The maximum Gasteiger partial charge on any atom is 0.237 e. The van der Waals surface area contributed by atoms with E-state index in [1.54, 1.807) is 0 Å². The molecule has 0 spiro atoms. The molecule has 0 aliphatic rings. The van der Waals surface area contributed by atoms with E-state index in [0.717, 1.165) is 22.4 Å². The number of aryl methyl sites for hydroxylation is 2. The van der Waals surface area contributed by atoms with Crippen LogP contribution in [0.25, 0.3) is 11.4 Å². The summed E-state index contributed by atoms with van der Waals surface area (Å²) in [4.78, 5) is 16.9. The lowest BCUT2D eigenvalue weighted by Gasteiger charge is -2.12. The van der Waals surface area contributed by atoms with Crippen LogP contribution < -0.4 is 5.32 Å². The summed E-state index contributed by atoms with van der Waals surface area (Å²) in [5.41, 5.74) is 3.97. The molecule has 128 valence electrons. The normalized spacial score (nSPS) is 12.0. The molecule has 1 heterocycles. The standard InChI is InChI=1S/C19H20N4OS/c1-12-9-10-13(2)16(11-12)20-18(24)14(3)25-19-21-17(22-23-19)15-7-5-4-6-8-15/h4-11,14H,1-3H3,(H,20,24)(H,21,22,23)/t14-/m1/s1. The van der Waals surface area contributed by atoms with Gasteiger partial charge in [0.05, 0.1) is 5.25 Å². The zero-order valence-electron chi connectivity index (χ0n) is 14.4. The Morgan fingerprint density at radius 1 is 1.16 bits per heavy atom. The zero-order valence-corrected chi connectivity index (χ0v) is 15.2. The summed E-state index contributed by atoms with van der Waals surface area (Å²) in [7, 11) is 0. The van der Waals surface area contributed by atoms with Crippen molar-refractivity contribution in [3.8, 4) is 11.4 Å². The van der Waals surface area contributed by atoms with Gasteiger partial charge in [0.25, 0.3) is 0 Å². The van der Waals surface area contributed by atoms with Gasteiger partial charge in [-0.05, 0) is 38.0 Å². The largest absolute Gasteiger partial charge is 0.325 e. The lowest BCUT2D eigenvalue weighted by Crippen LogP contribution is -2.23. The predicted octanol–water partition coefficient (Wildman–Crippen LogP) is 4.21. The highest BCUT2D eigenvalue weighted by Gasteiger charge is 2.18. The van der Waals surface area contributed by atoms with Crippen molar-refractivity contribution in [2.24, 2.45) is 0 Å². The summed E-state index contributed by atoms with van der Waals surface area (Å²) in [5, 5.41) is 10.4. The molecule has 0 aliphatic carbocycles. The summed E-state index contributed by atoms with van der Waals surface area (Å²) in [5.74, 6) is 0.634. The third-order valence-electron chi connectivity index (χ3n) is 3.81. The number of H-pyrrole nitrogens is 1. The molecule has 0 radical (unpaired) electrons. The number of nitrogens with one attached hydrogen (secondary N) is 2. The Morgan fingerprint density at radius 2 is 1.92 bits per heavy atom. The molecular formula is C19H20N4OS. The molecule has 0 aliphatic heterocycles. The summed E-state index contributed by atoms with van der Waals surface area (Å²) >= 11 is 1.33. The van der Waals surface area contributed by atoms with E-state index >= 15 is 0 Å². The molecule has 3 aromatic rings. The fourth-order valence-electron chi connectivity index (χ4n) is 2.34. The number of nitrogens with zero attached hydrogens (tertiary/aromatic N) is 2. The minimum atomic E-state index is -0.306. The van der Waals surface area contributed by atoms with Crippen molar-refractivity contribution in [3.63, 3.8) is 0 Å². The molecule has 6 heteroatoms. The fourth-order valence-corrected chi connectivity index (χ4v) is 3.07. The van der Waals surface area contributed by atoms with E-state index in [1.807, 2.05) is 69.3 Å². The maximum atomic E-state index is 12.5. The molecule has 25 heavy (non-hydrogen) atoms. The lowest BCUT2D eigenvalue weighted by molar-refractivity contribution is -0.115. The van der Waals surface area contributed by atoms with E-state index < -0.39 is 0 Å². The van der Waals surface area contributed by atoms with E-state index in [-0.39, 0.29) is 11.2 Å². The number of thioether (sulfide) groups is 1. The molecule has 1 amide bonds. The van der Waals surface area contributed by atoms with Gasteiger partial charge in [0.15, 0.2) is 5.82 Å². The number of carbonyl (C=O) groups excluding carboxylic acids is 1. The van der Waals surface area contributed by atoms with Crippen LogP contribution >= 0.6 is 11.8 Å². The van der Waals surface area contributed by atoms with E-state index in [1.165, 1.54) is 11.8 Å². The highest BCUT2D eigenvalue weighted by molar-refractivity contribution is 8.00. The molecule has 0 fully saturated rings. The van der Waals surface area contributed by atoms with E-state index in [2.05, 4.69) is 20.5 Å². The molecule has 3 rings (SSSR count). The van der Waals surface area contributed by atoms with Gasteiger partial charge < -0.3 is 5.32 Å². The van der Waals surface area contributed by atoms with Gasteiger partial charge >= 0.3 is 0 Å². The third-order valence-corrected chi connectivity index (χ3v) is 4.78. The topological polar surface area (TPSA) is 70.7 Å². The number of anilines is 1. The van der Waals surface area contributed by atoms with E-state index in [4.69, 9.17) is 0 Å². The quantitative estimate of drug-likeness (QED) is 0.675. The van der Waals surface area contributed by atoms with Crippen molar-refractivity contribution in [1.82, 2.24) is 15.2 Å². The minimum absolute atomic E-state index is 0.0650. The first-order chi connectivity index (χ1) is 12.0. The Bertz CT molecular complexity index is 876. The Morgan fingerprint density at radius 3 is 2.68 bits per heavy atom. The second-order valence-electron chi connectivity index (χ2n) is 5.90. The minimum Gasteiger partial charge on any atom is -0.325 e. The van der Waals surface area contributed by atoms with Crippen LogP contribution in [-0.2, 0) is 4.79 Å². The van der Waals surface area contributed by atoms with Gasteiger partial charge in [-0.1, -0.05) is 54.2 Å². The Balaban J connectivity index is 1.66. The van der Waals surface area contributed by atoms with Crippen molar-refractivity contribution < 1.29 is 4.79 Å². The lowest BCUT2D eigenvalue weighted by atomic mass is 10.1. The Hall–Kier alpha value is -2.60. The number of aromatic nitrogens is 3. The first-order valence-corrected chi connectivity index (χ1v) is 8.93. The summed E-state index contributed by atoms with van der Waals surface area (Å²) in [6.45, 7) is 5.84. The number of aromatic amines is 1. The SMILES string of the molecule is Cc1ccc(C)c(NC(=O)[C@@H](C)Sc2n[nH]c(-c3ccccc3)n2)c1. The zero-order chi connectivity index (χ0) is 17.8. The molecule has 2 aromatic carbocycles. The molecule has 5 nitrogen and oxygen atoms in total. The van der Waals surface area contributed by atoms with Crippen molar-refractivity contribution in [1.29, 1.82) is 0 Å². The van der Waals surface area contributed by atoms with Crippen molar-refractivity contribution in [3.05, 3.63) is 59.7 Å². The molecule has 1 atom stereocenters. The first kappa shape index (κ1) is 17.2. The molecule has 0 saturated heterocycles. The molecule has 0 unspecified atom stereocenters. The van der Waals surface area contributed by atoms with Gasteiger partial charge in [-0.15, -0.1) is 5.10 Å². The van der Waals surface area contributed by atoms with Crippen LogP contribution in [0.3, 0.4) is 0 Å². The van der Waals surface area contributed by atoms with Crippen LogP contribution in [0.4, 0.5) is 5.69 Å². The maximum absolute atomic E-state index is 12.5. The summed E-state index contributed by atoms with van der Waals surface area (Å²) < 4.78 is 0. The van der Waals surface area contributed by atoms with E-state index in [0.29, 0.717) is 11.0 Å². The van der Waals surface area contributed by atoms with Crippen LogP contribution in [0, 0.1) is 13.8 Å². The molecule has 2 N–H and O–H groups in total. The average Bonchev–Trinajstić information content (AvgIpc) is 3.07. The van der Waals surface area contributed by atoms with Crippen LogP contribution in [-0.4, -0.2) is 26.3 Å². The van der Waals surface area contributed by atoms with Crippen LogP contribution in [0.5, 0.6) is 0 Å². The third kappa shape index (κ3) is 4.28. The smallest absolute Gasteiger partial charge is 0.237 e. The van der Waals surface area contributed by atoms with Gasteiger partial charge in [-0.3, -0.25) is 9.89 Å². The predicted molar refractivity (Wildman–Crippen MR) is 102 cm³/mol. The summed E-state index contributed by atoms with van der Waals surface area (Å²) in [6, 6.07) is 15.8. The monoisotopic (exact) mass is 352 g/mol. The molecule has 0 saturated carbocycles. The first-order valence-electron chi connectivity index (χ1n) is 8.05. The van der Waals surface area contributed by atoms with Crippen LogP contribution in [0.2, 0.25) is 0 Å². The number of hydrogen-bond donors (Lipinski definition) is 2. The fraction of sp³-hybridized carbons (Fsp3) is 0.211. The van der Waals surface area contributed by atoms with Gasteiger partial charge in [0.2, 0.25) is 11.1 Å².